The Morgan fingerprint density at radius 1 is 1.41 bits per heavy atom. The Bertz CT molecular complexity index is 493. The first kappa shape index (κ1) is 11.8. The van der Waals surface area contributed by atoms with Crippen LogP contribution >= 0.6 is 0 Å². The van der Waals surface area contributed by atoms with Gasteiger partial charge in [-0.1, -0.05) is 29.8 Å². The number of nitrogens with zero attached hydrogens (tertiary/aromatic N) is 3. The lowest BCUT2D eigenvalue weighted by Crippen LogP contribution is -2.07. The fourth-order valence-electron chi connectivity index (χ4n) is 1.91. The van der Waals surface area contributed by atoms with Crippen LogP contribution in [-0.2, 0) is 13.5 Å². The van der Waals surface area contributed by atoms with Crippen molar-refractivity contribution in [2.45, 2.75) is 25.9 Å². The van der Waals surface area contributed by atoms with Crippen molar-refractivity contribution in [1.82, 2.24) is 14.8 Å². The first-order valence-corrected chi connectivity index (χ1v) is 5.74. The van der Waals surface area contributed by atoms with Crippen LogP contribution in [0.15, 0.2) is 30.6 Å². The van der Waals surface area contributed by atoms with Crippen molar-refractivity contribution in [2.24, 2.45) is 7.05 Å². The molecule has 4 nitrogen and oxygen atoms in total. The molecule has 1 heterocycles. The van der Waals surface area contributed by atoms with Gasteiger partial charge in [-0.15, -0.1) is 0 Å². The molecule has 17 heavy (non-hydrogen) atoms. The number of benzene rings is 1. The molecule has 0 saturated carbocycles. The molecule has 90 valence electrons. The van der Waals surface area contributed by atoms with E-state index < -0.39 is 6.10 Å². The Morgan fingerprint density at radius 2 is 2.24 bits per heavy atom. The number of hydrogen-bond acceptors (Lipinski definition) is 3. The van der Waals surface area contributed by atoms with E-state index in [1.165, 1.54) is 17.5 Å². The highest BCUT2D eigenvalue weighted by Crippen LogP contribution is 2.16. The van der Waals surface area contributed by atoms with Crippen molar-refractivity contribution in [2.75, 3.05) is 0 Å². The van der Waals surface area contributed by atoms with Gasteiger partial charge in [-0.2, -0.15) is 5.10 Å². The molecule has 0 radical (unpaired) electrons. The maximum Gasteiger partial charge on any atom is 0.155 e. The summed E-state index contributed by atoms with van der Waals surface area (Å²) in [6.45, 7) is 2.07. The summed E-state index contributed by atoms with van der Waals surface area (Å²) in [6, 6.07) is 8.34. The minimum Gasteiger partial charge on any atom is -0.385 e. The minimum absolute atomic E-state index is 0.553. The van der Waals surface area contributed by atoms with Gasteiger partial charge in [0.1, 0.15) is 12.4 Å². The molecular formula is C13H17N3O. The number of aryl methyl sites for hydroxylation is 3. The van der Waals surface area contributed by atoms with Crippen molar-refractivity contribution >= 4 is 0 Å². The molecule has 0 amide bonds. The number of aromatic nitrogens is 3. The molecule has 0 spiro atoms. The fraction of sp³-hybridized carbons (Fsp3) is 0.385. The third-order valence-corrected chi connectivity index (χ3v) is 2.83. The van der Waals surface area contributed by atoms with Gasteiger partial charge in [0.25, 0.3) is 0 Å². The summed E-state index contributed by atoms with van der Waals surface area (Å²) in [7, 11) is 1.79. The van der Waals surface area contributed by atoms with E-state index in [9.17, 15) is 5.11 Å². The van der Waals surface area contributed by atoms with Crippen molar-refractivity contribution in [3.63, 3.8) is 0 Å². The zero-order chi connectivity index (χ0) is 12.3. The maximum absolute atomic E-state index is 10.00. The summed E-state index contributed by atoms with van der Waals surface area (Å²) in [5, 5.41) is 13.9. The summed E-state index contributed by atoms with van der Waals surface area (Å²) >= 11 is 0. The van der Waals surface area contributed by atoms with Crippen molar-refractivity contribution in [3.05, 3.63) is 47.5 Å². The maximum atomic E-state index is 10.00. The molecule has 1 N–H and O–H groups in total. The molecule has 0 bridgehead atoms. The summed E-state index contributed by atoms with van der Waals surface area (Å²) in [4.78, 5) is 4.05. The van der Waals surface area contributed by atoms with Crippen LogP contribution in [0.1, 0.15) is 29.5 Å². The van der Waals surface area contributed by atoms with E-state index in [0.29, 0.717) is 12.2 Å². The minimum atomic E-state index is -0.553. The molecule has 0 saturated heterocycles. The lowest BCUT2D eigenvalue weighted by molar-refractivity contribution is 0.153. The predicted molar refractivity (Wildman–Crippen MR) is 65.5 cm³/mol. The Balaban J connectivity index is 1.97. The second kappa shape index (κ2) is 5.10. The van der Waals surface area contributed by atoms with Crippen LogP contribution in [0.25, 0.3) is 0 Å². The van der Waals surface area contributed by atoms with Crippen LogP contribution < -0.4 is 0 Å². The second-order valence-electron chi connectivity index (χ2n) is 4.29. The number of rotatable bonds is 4. The van der Waals surface area contributed by atoms with Gasteiger partial charge in [0.2, 0.25) is 0 Å². The monoisotopic (exact) mass is 231 g/mol. The van der Waals surface area contributed by atoms with Crippen LogP contribution in [0, 0.1) is 6.92 Å². The fourth-order valence-corrected chi connectivity index (χ4v) is 1.91. The molecule has 1 aromatic heterocycles. The largest absolute Gasteiger partial charge is 0.385 e. The highest BCUT2D eigenvalue weighted by molar-refractivity contribution is 5.22. The van der Waals surface area contributed by atoms with E-state index in [1.807, 2.05) is 6.07 Å². The normalized spacial score (nSPS) is 12.6. The molecule has 4 heteroatoms. The van der Waals surface area contributed by atoms with Gasteiger partial charge < -0.3 is 5.11 Å². The Hall–Kier alpha value is -1.68. The average molecular weight is 231 g/mol. The standard InChI is InChI=1S/C13H17N3O/c1-10-4-3-5-11(8-10)6-7-12(17)13-14-9-15-16(13)2/h3-5,8-9,12,17H,6-7H2,1-2H3. The van der Waals surface area contributed by atoms with E-state index in [-0.39, 0.29) is 0 Å². The molecule has 1 aromatic carbocycles. The van der Waals surface area contributed by atoms with E-state index in [1.54, 1.807) is 11.7 Å². The third-order valence-electron chi connectivity index (χ3n) is 2.83. The zero-order valence-electron chi connectivity index (χ0n) is 10.2. The van der Waals surface area contributed by atoms with Gasteiger partial charge in [-0.05, 0) is 25.3 Å². The molecule has 2 rings (SSSR count). The Kier molecular flexibility index (Phi) is 3.54. The summed E-state index contributed by atoms with van der Waals surface area (Å²) < 4.78 is 1.61. The smallest absolute Gasteiger partial charge is 0.155 e. The molecule has 0 aliphatic heterocycles. The number of hydrogen-bond donors (Lipinski definition) is 1. The zero-order valence-corrected chi connectivity index (χ0v) is 10.2. The van der Waals surface area contributed by atoms with E-state index in [2.05, 4.69) is 35.2 Å². The van der Waals surface area contributed by atoms with Crippen LogP contribution in [0.5, 0.6) is 0 Å². The van der Waals surface area contributed by atoms with Gasteiger partial charge >= 0.3 is 0 Å². The molecule has 1 unspecified atom stereocenters. The molecular weight excluding hydrogens is 214 g/mol. The summed E-state index contributed by atoms with van der Waals surface area (Å²) in [5.74, 6) is 0.623. The summed E-state index contributed by atoms with van der Waals surface area (Å²) in [5.41, 5.74) is 2.49. The van der Waals surface area contributed by atoms with Gasteiger partial charge in [0, 0.05) is 7.05 Å². The lowest BCUT2D eigenvalue weighted by Gasteiger charge is -2.09. The molecule has 0 aliphatic carbocycles. The summed E-state index contributed by atoms with van der Waals surface area (Å²) in [6.07, 6.45) is 2.42. The highest BCUT2D eigenvalue weighted by atomic mass is 16.3. The predicted octanol–water partition coefficient (Wildman–Crippen LogP) is 1.79. The lowest BCUT2D eigenvalue weighted by atomic mass is 10.0. The van der Waals surface area contributed by atoms with E-state index >= 15 is 0 Å². The Labute approximate surface area is 101 Å². The van der Waals surface area contributed by atoms with Crippen molar-refractivity contribution in [1.29, 1.82) is 0 Å². The molecule has 0 fully saturated rings. The first-order chi connectivity index (χ1) is 8.16. The first-order valence-electron chi connectivity index (χ1n) is 5.74. The second-order valence-corrected chi connectivity index (χ2v) is 4.29. The molecule has 2 aromatic rings. The number of aliphatic hydroxyl groups excluding tert-OH is 1. The van der Waals surface area contributed by atoms with Gasteiger partial charge in [0.15, 0.2) is 5.82 Å². The quantitative estimate of drug-likeness (QED) is 0.872. The van der Waals surface area contributed by atoms with Crippen LogP contribution in [0.3, 0.4) is 0 Å². The average Bonchev–Trinajstić information content (AvgIpc) is 2.72. The van der Waals surface area contributed by atoms with Gasteiger partial charge in [0.05, 0.1) is 0 Å². The van der Waals surface area contributed by atoms with Crippen molar-refractivity contribution in [3.8, 4) is 0 Å². The van der Waals surface area contributed by atoms with E-state index in [0.717, 1.165) is 6.42 Å². The van der Waals surface area contributed by atoms with Gasteiger partial charge in [-0.25, -0.2) is 4.98 Å². The molecule has 0 aliphatic rings. The van der Waals surface area contributed by atoms with Crippen LogP contribution in [0.4, 0.5) is 0 Å². The topological polar surface area (TPSA) is 50.9 Å². The van der Waals surface area contributed by atoms with Gasteiger partial charge in [-0.3, -0.25) is 4.68 Å². The molecule has 1 atom stereocenters. The number of aliphatic hydroxyl groups is 1. The van der Waals surface area contributed by atoms with Crippen LogP contribution in [0.2, 0.25) is 0 Å². The highest BCUT2D eigenvalue weighted by Gasteiger charge is 2.12. The third kappa shape index (κ3) is 2.91. The van der Waals surface area contributed by atoms with E-state index in [4.69, 9.17) is 0 Å². The van der Waals surface area contributed by atoms with Crippen LogP contribution in [-0.4, -0.2) is 19.9 Å². The SMILES string of the molecule is Cc1cccc(CCC(O)c2ncnn2C)c1. The van der Waals surface area contributed by atoms with Crippen molar-refractivity contribution < 1.29 is 5.11 Å². The Morgan fingerprint density at radius 3 is 2.88 bits per heavy atom.